The average molecular weight is 283 g/mol. The molecule has 5 nitrogen and oxygen atoms in total. The van der Waals surface area contributed by atoms with Crippen LogP contribution in [0.15, 0.2) is 12.3 Å². The fourth-order valence-corrected chi connectivity index (χ4v) is 2.32. The number of aromatic nitrogens is 3. The van der Waals surface area contributed by atoms with Crippen LogP contribution in [-0.4, -0.2) is 32.7 Å². The van der Waals surface area contributed by atoms with Crippen LogP contribution in [0.3, 0.4) is 0 Å². The summed E-state index contributed by atoms with van der Waals surface area (Å²) in [6.07, 6.45) is 3.51. The highest BCUT2D eigenvalue weighted by atomic mass is 35.5. The van der Waals surface area contributed by atoms with Gasteiger partial charge in [0, 0.05) is 12.7 Å². The summed E-state index contributed by atoms with van der Waals surface area (Å²) in [5.74, 6) is 0. The van der Waals surface area contributed by atoms with Gasteiger partial charge in [0.15, 0.2) is 5.65 Å². The second-order valence-corrected chi connectivity index (χ2v) is 4.98. The Bertz CT molecular complexity index is 555. The van der Waals surface area contributed by atoms with Gasteiger partial charge in [-0.25, -0.2) is 4.98 Å². The number of nitrogens with one attached hydrogen (secondary N) is 1. The molecule has 0 saturated heterocycles. The van der Waals surface area contributed by atoms with E-state index in [1.165, 1.54) is 6.20 Å². The molecule has 0 aliphatic heterocycles. The highest BCUT2D eigenvalue weighted by molar-refractivity contribution is 6.31. The van der Waals surface area contributed by atoms with Crippen molar-refractivity contribution in [1.29, 1.82) is 0 Å². The molecule has 0 aliphatic rings. The zero-order valence-electron chi connectivity index (χ0n) is 11.2. The number of nitrogens with zero attached hydrogens (tertiary/aromatic N) is 3. The van der Waals surface area contributed by atoms with Crippen molar-refractivity contribution < 1.29 is 5.11 Å². The molecular weight excluding hydrogens is 264 g/mol. The molecule has 104 valence electrons. The number of fused-ring (bicyclic) bond motifs is 1. The van der Waals surface area contributed by atoms with Gasteiger partial charge in [-0.05, 0) is 25.5 Å². The second-order valence-electron chi connectivity index (χ2n) is 4.54. The zero-order chi connectivity index (χ0) is 13.8. The van der Waals surface area contributed by atoms with Gasteiger partial charge < -0.3 is 10.4 Å². The van der Waals surface area contributed by atoms with Crippen molar-refractivity contribution in [2.75, 3.05) is 13.1 Å². The first kappa shape index (κ1) is 14.1. The molecule has 6 heteroatoms. The first-order chi connectivity index (χ1) is 9.17. The average Bonchev–Trinajstić information content (AvgIpc) is 2.71. The van der Waals surface area contributed by atoms with Gasteiger partial charge in [0.25, 0.3) is 6.01 Å². The molecular formula is C13H19ClN4O. The number of hydrogen-bond donors (Lipinski definition) is 2. The van der Waals surface area contributed by atoms with E-state index < -0.39 is 0 Å². The van der Waals surface area contributed by atoms with Crippen molar-refractivity contribution in [2.24, 2.45) is 0 Å². The summed E-state index contributed by atoms with van der Waals surface area (Å²) in [6, 6.07) is 1.92. The Morgan fingerprint density at radius 1 is 1.47 bits per heavy atom. The molecule has 0 aliphatic carbocycles. The SMILES string of the molecule is CCCNC[C@@H](CC)n1c(O)nc2ncc(Cl)cc21. The monoisotopic (exact) mass is 282 g/mol. The van der Waals surface area contributed by atoms with Gasteiger partial charge in [0.1, 0.15) is 0 Å². The van der Waals surface area contributed by atoms with Gasteiger partial charge in [-0.15, -0.1) is 0 Å². The molecule has 0 amide bonds. The van der Waals surface area contributed by atoms with Crippen molar-refractivity contribution >= 4 is 22.8 Å². The largest absolute Gasteiger partial charge is 0.480 e. The number of pyridine rings is 1. The molecule has 0 saturated carbocycles. The van der Waals surface area contributed by atoms with E-state index in [-0.39, 0.29) is 12.1 Å². The Morgan fingerprint density at radius 3 is 2.95 bits per heavy atom. The lowest BCUT2D eigenvalue weighted by Gasteiger charge is -2.18. The number of rotatable bonds is 6. The minimum atomic E-state index is -0.00471. The summed E-state index contributed by atoms with van der Waals surface area (Å²) in [5, 5.41) is 13.9. The predicted molar refractivity (Wildman–Crippen MR) is 76.7 cm³/mol. The van der Waals surface area contributed by atoms with E-state index in [0.29, 0.717) is 10.7 Å². The van der Waals surface area contributed by atoms with Gasteiger partial charge >= 0.3 is 0 Å². The van der Waals surface area contributed by atoms with Gasteiger partial charge in [-0.3, -0.25) is 4.57 Å². The number of hydrogen-bond acceptors (Lipinski definition) is 4. The summed E-state index contributed by atoms with van der Waals surface area (Å²) in [5.41, 5.74) is 1.30. The second kappa shape index (κ2) is 6.21. The lowest BCUT2D eigenvalue weighted by atomic mass is 10.2. The van der Waals surface area contributed by atoms with E-state index in [0.717, 1.165) is 31.4 Å². The number of imidazole rings is 1. The van der Waals surface area contributed by atoms with Crippen LogP contribution in [-0.2, 0) is 0 Å². The summed E-state index contributed by atoms with van der Waals surface area (Å²) in [6.45, 7) is 5.96. The molecule has 1 atom stereocenters. The van der Waals surface area contributed by atoms with E-state index in [9.17, 15) is 5.11 Å². The molecule has 2 rings (SSSR count). The molecule has 2 aromatic heterocycles. The van der Waals surface area contributed by atoms with Crippen LogP contribution in [0.1, 0.15) is 32.7 Å². The maximum atomic E-state index is 10.0. The third-order valence-corrected chi connectivity index (χ3v) is 3.34. The molecule has 0 unspecified atom stereocenters. The van der Waals surface area contributed by atoms with Crippen LogP contribution in [0.5, 0.6) is 6.01 Å². The normalized spacial score (nSPS) is 13.0. The predicted octanol–water partition coefficient (Wildman–Crippen LogP) is 2.74. The van der Waals surface area contributed by atoms with Crippen LogP contribution in [0.4, 0.5) is 0 Å². The highest BCUT2D eigenvalue weighted by Crippen LogP contribution is 2.27. The summed E-state index contributed by atoms with van der Waals surface area (Å²) < 4.78 is 1.80. The zero-order valence-corrected chi connectivity index (χ0v) is 12.0. The van der Waals surface area contributed by atoms with Gasteiger partial charge in [0.05, 0.1) is 16.6 Å². The van der Waals surface area contributed by atoms with Crippen molar-refractivity contribution in [2.45, 2.75) is 32.7 Å². The third kappa shape index (κ3) is 2.98. The first-order valence-corrected chi connectivity index (χ1v) is 6.98. The minimum absolute atomic E-state index is 0.00471. The lowest BCUT2D eigenvalue weighted by Crippen LogP contribution is -2.25. The van der Waals surface area contributed by atoms with Gasteiger partial charge in [-0.1, -0.05) is 25.4 Å². The van der Waals surface area contributed by atoms with Crippen molar-refractivity contribution in [1.82, 2.24) is 19.9 Å². The lowest BCUT2D eigenvalue weighted by molar-refractivity contribution is 0.358. The Balaban J connectivity index is 2.35. The Kier molecular flexibility index (Phi) is 4.61. The maximum absolute atomic E-state index is 10.0. The fourth-order valence-electron chi connectivity index (χ4n) is 2.16. The van der Waals surface area contributed by atoms with Crippen LogP contribution in [0, 0.1) is 0 Å². The Morgan fingerprint density at radius 2 is 2.26 bits per heavy atom. The molecule has 0 fully saturated rings. The van der Waals surface area contributed by atoms with Crippen molar-refractivity contribution in [3.8, 4) is 6.01 Å². The van der Waals surface area contributed by atoms with Gasteiger partial charge in [0.2, 0.25) is 0 Å². The standard InChI is InChI=1S/C13H19ClN4O/c1-3-5-15-8-10(4-2)18-11-6-9(14)7-16-12(11)17-13(18)19/h6-7,10,15H,3-5,8H2,1-2H3,(H,16,17,19)/t10-/m1/s1. The molecule has 2 aromatic rings. The van der Waals surface area contributed by atoms with Crippen molar-refractivity contribution in [3.63, 3.8) is 0 Å². The molecule has 0 bridgehead atoms. The molecule has 19 heavy (non-hydrogen) atoms. The number of aromatic hydroxyl groups is 1. The quantitative estimate of drug-likeness (QED) is 0.800. The van der Waals surface area contributed by atoms with E-state index >= 15 is 0 Å². The first-order valence-electron chi connectivity index (χ1n) is 6.60. The molecule has 0 spiro atoms. The minimum Gasteiger partial charge on any atom is -0.480 e. The number of halogens is 1. The van der Waals surface area contributed by atoms with E-state index in [2.05, 4.69) is 29.1 Å². The Labute approximate surface area is 117 Å². The van der Waals surface area contributed by atoms with Gasteiger partial charge in [-0.2, -0.15) is 4.98 Å². The van der Waals surface area contributed by atoms with Crippen molar-refractivity contribution in [3.05, 3.63) is 17.3 Å². The summed E-state index contributed by atoms with van der Waals surface area (Å²) in [7, 11) is 0. The molecule has 2 heterocycles. The molecule has 0 aromatic carbocycles. The highest BCUT2D eigenvalue weighted by Gasteiger charge is 2.18. The van der Waals surface area contributed by atoms with Crippen LogP contribution in [0.25, 0.3) is 11.2 Å². The third-order valence-electron chi connectivity index (χ3n) is 3.14. The van der Waals surface area contributed by atoms with Crippen LogP contribution >= 0.6 is 11.6 Å². The van der Waals surface area contributed by atoms with Crippen LogP contribution in [0.2, 0.25) is 5.02 Å². The fraction of sp³-hybridized carbons (Fsp3) is 0.538. The smallest absolute Gasteiger partial charge is 0.296 e. The topological polar surface area (TPSA) is 63.0 Å². The van der Waals surface area contributed by atoms with Crippen LogP contribution < -0.4 is 5.32 Å². The summed E-state index contributed by atoms with van der Waals surface area (Å²) in [4.78, 5) is 8.20. The molecule has 2 N–H and O–H groups in total. The Hall–Kier alpha value is -1.33. The molecule has 0 radical (unpaired) electrons. The van der Waals surface area contributed by atoms with E-state index in [1.54, 1.807) is 10.6 Å². The maximum Gasteiger partial charge on any atom is 0.296 e. The summed E-state index contributed by atoms with van der Waals surface area (Å²) >= 11 is 5.97. The van der Waals surface area contributed by atoms with E-state index in [1.807, 2.05) is 0 Å². The van der Waals surface area contributed by atoms with E-state index in [4.69, 9.17) is 11.6 Å².